The zero-order valence-electron chi connectivity index (χ0n) is 16.5. The highest BCUT2D eigenvalue weighted by Gasteiger charge is 2.28. The molecule has 2 rings (SSSR count). The van der Waals surface area contributed by atoms with E-state index in [2.05, 4.69) is 39.2 Å². The Morgan fingerprint density at radius 2 is 2.04 bits per heavy atom. The summed E-state index contributed by atoms with van der Waals surface area (Å²) >= 11 is 0. The van der Waals surface area contributed by atoms with Gasteiger partial charge in [-0.05, 0) is 46.7 Å². The fourth-order valence-corrected chi connectivity index (χ4v) is 2.78. The molecule has 1 saturated carbocycles. The number of hydrogen-bond donors (Lipinski definition) is 2. The lowest BCUT2D eigenvalue weighted by Gasteiger charge is -2.25. The summed E-state index contributed by atoms with van der Waals surface area (Å²) in [5, 5.41) is 6.54. The average Bonchev–Trinajstić information content (AvgIpc) is 3.43. The van der Waals surface area contributed by atoms with Crippen molar-refractivity contribution in [3.05, 3.63) is 29.3 Å². The van der Waals surface area contributed by atoms with Crippen LogP contribution in [0.2, 0.25) is 0 Å². The van der Waals surface area contributed by atoms with E-state index in [0.29, 0.717) is 23.6 Å². The number of ether oxygens (including phenoxy) is 1. The predicted octanol–water partition coefficient (Wildman–Crippen LogP) is 3.75. The lowest BCUT2D eigenvalue weighted by molar-refractivity contribution is -0.0504. The highest BCUT2D eigenvalue weighted by Crippen LogP contribution is 2.26. The van der Waals surface area contributed by atoms with Crippen LogP contribution >= 0.6 is 24.0 Å². The fraction of sp³-hybridized carbons (Fsp3) is 0.632. The van der Waals surface area contributed by atoms with Crippen molar-refractivity contribution in [3.63, 3.8) is 0 Å². The SMILES string of the molecule is CCNC(=NCc1cc(C)ccc1OC(F)F)NCC(C)N(C)C1CC1.I. The first-order chi connectivity index (χ1) is 12.4. The molecule has 0 radical (unpaired) electrons. The lowest BCUT2D eigenvalue weighted by Crippen LogP contribution is -2.45. The number of nitrogens with one attached hydrogen (secondary N) is 2. The molecular weight excluding hydrogens is 465 g/mol. The van der Waals surface area contributed by atoms with E-state index in [1.807, 2.05) is 19.9 Å². The van der Waals surface area contributed by atoms with Crippen LogP contribution in [0.3, 0.4) is 0 Å². The molecule has 154 valence electrons. The minimum Gasteiger partial charge on any atom is -0.434 e. The summed E-state index contributed by atoms with van der Waals surface area (Å²) in [5.74, 6) is 0.847. The van der Waals surface area contributed by atoms with Crippen LogP contribution in [-0.2, 0) is 6.54 Å². The topological polar surface area (TPSA) is 48.9 Å². The summed E-state index contributed by atoms with van der Waals surface area (Å²) in [6.07, 6.45) is 2.55. The standard InChI is InChI=1S/C19H30F2N4O.HI/c1-5-22-19(23-11-14(3)25(4)16-7-8-16)24-12-15-10-13(2)6-9-17(15)26-18(20)21;/h6,9-10,14,16,18H,5,7-8,11-12H2,1-4H3,(H2,22,23,24);1H. The molecule has 0 amide bonds. The van der Waals surface area contributed by atoms with Crippen LogP contribution in [0.1, 0.15) is 37.8 Å². The Morgan fingerprint density at radius 1 is 1.33 bits per heavy atom. The third-order valence-electron chi connectivity index (χ3n) is 4.57. The number of aliphatic imine (C=N–C) groups is 1. The first-order valence-corrected chi connectivity index (χ1v) is 9.19. The number of benzene rings is 1. The molecular formula is C19H31F2IN4O. The van der Waals surface area contributed by atoms with Crippen LogP contribution in [0.15, 0.2) is 23.2 Å². The van der Waals surface area contributed by atoms with Crippen molar-refractivity contribution in [2.45, 2.75) is 58.9 Å². The summed E-state index contributed by atoms with van der Waals surface area (Å²) in [6.45, 7) is 5.02. The number of rotatable bonds is 9. The van der Waals surface area contributed by atoms with Crippen molar-refractivity contribution in [2.24, 2.45) is 4.99 Å². The van der Waals surface area contributed by atoms with Gasteiger partial charge in [-0.3, -0.25) is 4.90 Å². The lowest BCUT2D eigenvalue weighted by atomic mass is 10.1. The van der Waals surface area contributed by atoms with Gasteiger partial charge in [0, 0.05) is 30.7 Å². The summed E-state index contributed by atoms with van der Waals surface area (Å²) < 4.78 is 29.8. The summed E-state index contributed by atoms with van der Waals surface area (Å²) in [7, 11) is 2.15. The van der Waals surface area contributed by atoms with Gasteiger partial charge in [0.1, 0.15) is 5.75 Å². The van der Waals surface area contributed by atoms with Crippen LogP contribution in [0, 0.1) is 6.92 Å². The third-order valence-corrected chi connectivity index (χ3v) is 4.57. The Balaban J connectivity index is 0.00000364. The van der Waals surface area contributed by atoms with Gasteiger partial charge in [0.05, 0.1) is 6.54 Å². The number of nitrogens with zero attached hydrogens (tertiary/aromatic N) is 2. The summed E-state index contributed by atoms with van der Waals surface area (Å²) in [5.41, 5.74) is 1.63. The molecule has 27 heavy (non-hydrogen) atoms. The van der Waals surface area contributed by atoms with Gasteiger partial charge in [-0.1, -0.05) is 17.7 Å². The van der Waals surface area contributed by atoms with Gasteiger partial charge in [-0.25, -0.2) is 4.99 Å². The van der Waals surface area contributed by atoms with Gasteiger partial charge in [0.15, 0.2) is 5.96 Å². The minimum absolute atomic E-state index is 0. The van der Waals surface area contributed by atoms with Crippen molar-refractivity contribution in [1.82, 2.24) is 15.5 Å². The van der Waals surface area contributed by atoms with Crippen LogP contribution < -0.4 is 15.4 Å². The first kappa shape index (κ1) is 23.9. The molecule has 0 aliphatic heterocycles. The van der Waals surface area contributed by atoms with Gasteiger partial charge in [0.25, 0.3) is 0 Å². The van der Waals surface area contributed by atoms with E-state index >= 15 is 0 Å². The predicted molar refractivity (Wildman–Crippen MR) is 116 cm³/mol. The Labute approximate surface area is 178 Å². The molecule has 0 heterocycles. The molecule has 1 aliphatic rings. The molecule has 1 aromatic carbocycles. The van der Waals surface area contributed by atoms with E-state index in [-0.39, 0.29) is 36.3 Å². The van der Waals surface area contributed by atoms with E-state index in [1.54, 1.807) is 12.1 Å². The normalized spacial score (nSPS) is 15.5. The van der Waals surface area contributed by atoms with Gasteiger partial charge >= 0.3 is 6.61 Å². The number of hydrogen-bond acceptors (Lipinski definition) is 3. The maximum atomic E-state index is 12.6. The molecule has 0 spiro atoms. The fourth-order valence-electron chi connectivity index (χ4n) is 2.78. The molecule has 0 aromatic heterocycles. The number of aryl methyl sites for hydroxylation is 1. The number of guanidine groups is 1. The molecule has 0 saturated heterocycles. The van der Waals surface area contributed by atoms with E-state index < -0.39 is 6.61 Å². The molecule has 1 atom stereocenters. The molecule has 8 heteroatoms. The monoisotopic (exact) mass is 496 g/mol. The zero-order valence-corrected chi connectivity index (χ0v) is 18.8. The molecule has 0 bridgehead atoms. The third kappa shape index (κ3) is 8.16. The molecule has 1 fully saturated rings. The second-order valence-electron chi connectivity index (χ2n) is 6.81. The van der Waals surface area contributed by atoms with E-state index in [4.69, 9.17) is 0 Å². The van der Waals surface area contributed by atoms with Crippen molar-refractivity contribution in [3.8, 4) is 5.75 Å². The van der Waals surface area contributed by atoms with Crippen LogP contribution in [-0.4, -0.2) is 49.7 Å². The van der Waals surface area contributed by atoms with Gasteiger partial charge in [-0.2, -0.15) is 8.78 Å². The summed E-state index contributed by atoms with van der Waals surface area (Å²) in [6, 6.07) is 6.24. The number of likely N-dealkylation sites (N-methyl/N-ethyl adjacent to an activating group) is 1. The van der Waals surface area contributed by atoms with Crippen molar-refractivity contribution in [2.75, 3.05) is 20.1 Å². The molecule has 1 aromatic rings. The second-order valence-corrected chi connectivity index (χ2v) is 6.81. The van der Waals surface area contributed by atoms with Gasteiger partial charge < -0.3 is 15.4 Å². The highest BCUT2D eigenvalue weighted by molar-refractivity contribution is 14.0. The molecule has 2 N–H and O–H groups in total. The Morgan fingerprint density at radius 3 is 2.63 bits per heavy atom. The van der Waals surface area contributed by atoms with E-state index in [9.17, 15) is 8.78 Å². The smallest absolute Gasteiger partial charge is 0.387 e. The maximum absolute atomic E-state index is 12.6. The van der Waals surface area contributed by atoms with E-state index in [0.717, 1.165) is 18.7 Å². The largest absolute Gasteiger partial charge is 0.434 e. The first-order valence-electron chi connectivity index (χ1n) is 9.19. The van der Waals surface area contributed by atoms with Crippen molar-refractivity contribution < 1.29 is 13.5 Å². The Kier molecular flexibility index (Phi) is 10.3. The molecule has 1 aliphatic carbocycles. The maximum Gasteiger partial charge on any atom is 0.387 e. The molecule has 1 unspecified atom stereocenters. The second kappa shape index (κ2) is 11.6. The number of alkyl halides is 2. The zero-order chi connectivity index (χ0) is 19.1. The highest BCUT2D eigenvalue weighted by atomic mass is 127. The average molecular weight is 496 g/mol. The van der Waals surface area contributed by atoms with Gasteiger partial charge in [0.2, 0.25) is 0 Å². The van der Waals surface area contributed by atoms with Crippen molar-refractivity contribution in [1.29, 1.82) is 0 Å². The quantitative estimate of drug-likeness (QED) is 0.311. The van der Waals surface area contributed by atoms with Crippen molar-refractivity contribution >= 4 is 29.9 Å². The Bertz CT molecular complexity index is 611. The van der Waals surface area contributed by atoms with Gasteiger partial charge in [-0.15, -0.1) is 24.0 Å². The van der Waals surface area contributed by atoms with E-state index in [1.165, 1.54) is 12.8 Å². The van der Waals surface area contributed by atoms with Crippen LogP contribution in [0.5, 0.6) is 5.75 Å². The van der Waals surface area contributed by atoms with Crippen LogP contribution in [0.25, 0.3) is 0 Å². The number of halogens is 3. The summed E-state index contributed by atoms with van der Waals surface area (Å²) in [4.78, 5) is 6.92. The minimum atomic E-state index is -2.84. The van der Waals surface area contributed by atoms with Crippen LogP contribution in [0.4, 0.5) is 8.78 Å². The molecule has 5 nitrogen and oxygen atoms in total. The Hall–Kier alpha value is -1.16.